The van der Waals surface area contributed by atoms with Crippen LogP contribution in [0.15, 0.2) is 35.6 Å². The SMILES string of the molecule is CCCCCCCC/C=C\CCCCCCCCC1=C(C(=N)CO)CCN1CCOC(=O)CCCCCCC/C=C\CCCCCCCC. The van der Waals surface area contributed by atoms with Crippen molar-refractivity contribution in [3.8, 4) is 0 Å². The second-order valence-corrected chi connectivity index (χ2v) is 14.5. The molecule has 0 radical (unpaired) electrons. The standard InChI is InChI=1S/C44H80N2O3/c1-3-5-7-9-11-13-15-17-19-21-22-24-26-28-30-32-34-43-41(42(45)40-47)36-37-46(43)38-39-49-44(48)35-33-31-29-27-25-23-20-18-16-14-12-10-8-6-4-2/h17-20,45,47H,3-16,21-40H2,1-2H3/b19-17-,20-18-,45-42?. The maximum absolute atomic E-state index is 12.4. The van der Waals surface area contributed by atoms with E-state index >= 15 is 0 Å². The average Bonchev–Trinajstić information content (AvgIpc) is 3.51. The third-order valence-corrected chi connectivity index (χ3v) is 10.1. The van der Waals surface area contributed by atoms with Crippen LogP contribution in [-0.2, 0) is 9.53 Å². The van der Waals surface area contributed by atoms with Crippen LogP contribution in [0.25, 0.3) is 0 Å². The molecule has 49 heavy (non-hydrogen) atoms. The average molecular weight is 685 g/mol. The van der Waals surface area contributed by atoms with Gasteiger partial charge < -0.3 is 20.2 Å². The van der Waals surface area contributed by atoms with Crippen LogP contribution in [-0.4, -0.2) is 48.0 Å². The number of ether oxygens (including phenoxy) is 1. The summed E-state index contributed by atoms with van der Waals surface area (Å²) in [6.07, 6.45) is 46.2. The predicted molar refractivity (Wildman–Crippen MR) is 213 cm³/mol. The summed E-state index contributed by atoms with van der Waals surface area (Å²) >= 11 is 0. The maximum atomic E-state index is 12.4. The first-order valence-corrected chi connectivity index (χ1v) is 21.2. The van der Waals surface area contributed by atoms with E-state index in [1.54, 1.807) is 0 Å². The molecule has 1 heterocycles. The third kappa shape index (κ3) is 26.6. The van der Waals surface area contributed by atoms with Gasteiger partial charge in [0.05, 0.1) is 18.9 Å². The van der Waals surface area contributed by atoms with Gasteiger partial charge in [-0.2, -0.15) is 0 Å². The Bertz CT molecular complexity index is 877. The molecule has 1 aliphatic rings. The van der Waals surface area contributed by atoms with Crippen molar-refractivity contribution in [2.75, 3.05) is 26.3 Å². The summed E-state index contributed by atoms with van der Waals surface area (Å²) in [5, 5.41) is 17.9. The molecule has 0 unspecified atom stereocenters. The molecule has 1 rings (SSSR count). The zero-order chi connectivity index (χ0) is 35.5. The minimum atomic E-state index is -0.203. The highest BCUT2D eigenvalue weighted by Gasteiger charge is 2.24. The van der Waals surface area contributed by atoms with E-state index in [2.05, 4.69) is 43.1 Å². The van der Waals surface area contributed by atoms with Crippen LogP contribution < -0.4 is 0 Å². The number of allylic oxidation sites excluding steroid dienone is 5. The van der Waals surface area contributed by atoms with Gasteiger partial charge >= 0.3 is 5.97 Å². The molecule has 0 saturated carbocycles. The number of esters is 1. The molecule has 2 N–H and O–H groups in total. The largest absolute Gasteiger partial charge is 0.464 e. The van der Waals surface area contributed by atoms with Gasteiger partial charge in [-0.1, -0.05) is 147 Å². The summed E-state index contributed by atoms with van der Waals surface area (Å²) in [7, 11) is 0. The molecule has 0 fully saturated rings. The molecule has 284 valence electrons. The number of carbonyl (C=O) groups is 1. The van der Waals surface area contributed by atoms with E-state index < -0.39 is 0 Å². The number of nitrogens with one attached hydrogen (secondary N) is 1. The van der Waals surface area contributed by atoms with E-state index in [1.165, 1.54) is 160 Å². The van der Waals surface area contributed by atoms with Crippen molar-refractivity contribution >= 4 is 11.7 Å². The quantitative estimate of drug-likeness (QED) is 0.0298. The van der Waals surface area contributed by atoms with E-state index in [9.17, 15) is 9.90 Å². The molecular weight excluding hydrogens is 604 g/mol. The Kier molecular flexibility index (Phi) is 31.8. The normalized spacial score (nSPS) is 13.5. The number of hydrogen-bond acceptors (Lipinski definition) is 5. The minimum Gasteiger partial charge on any atom is -0.464 e. The second-order valence-electron chi connectivity index (χ2n) is 14.5. The van der Waals surface area contributed by atoms with Crippen molar-refractivity contribution in [1.29, 1.82) is 5.41 Å². The van der Waals surface area contributed by atoms with Crippen LogP contribution in [0, 0.1) is 5.41 Å². The molecule has 5 heteroatoms. The molecule has 0 aromatic heterocycles. The Balaban J connectivity index is 2.10. The van der Waals surface area contributed by atoms with Crippen LogP contribution in [0.4, 0.5) is 0 Å². The van der Waals surface area contributed by atoms with E-state index in [1.807, 2.05) is 0 Å². The van der Waals surface area contributed by atoms with Crippen LogP contribution in [0.5, 0.6) is 0 Å². The lowest BCUT2D eigenvalue weighted by Gasteiger charge is -2.23. The second kappa shape index (κ2) is 34.6. The van der Waals surface area contributed by atoms with Gasteiger partial charge in [-0.15, -0.1) is 0 Å². The van der Waals surface area contributed by atoms with E-state index in [0.717, 1.165) is 44.2 Å². The smallest absolute Gasteiger partial charge is 0.305 e. The van der Waals surface area contributed by atoms with Gasteiger partial charge in [0.15, 0.2) is 0 Å². The van der Waals surface area contributed by atoms with Crippen molar-refractivity contribution in [2.45, 2.75) is 206 Å². The zero-order valence-electron chi connectivity index (χ0n) is 32.6. The van der Waals surface area contributed by atoms with Crippen LogP contribution >= 0.6 is 0 Å². The van der Waals surface area contributed by atoms with E-state index in [4.69, 9.17) is 10.1 Å². The third-order valence-electron chi connectivity index (χ3n) is 10.1. The van der Waals surface area contributed by atoms with Crippen molar-refractivity contribution in [2.24, 2.45) is 0 Å². The van der Waals surface area contributed by atoms with Gasteiger partial charge in [-0.05, 0) is 82.6 Å². The first-order chi connectivity index (χ1) is 24.1. The lowest BCUT2D eigenvalue weighted by molar-refractivity contribution is -0.144. The number of unbranched alkanes of at least 4 members (excludes halogenated alkanes) is 23. The molecule has 0 aliphatic carbocycles. The molecule has 0 aromatic rings. The monoisotopic (exact) mass is 685 g/mol. The molecule has 0 spiro atoms. The van der Waals surface area contributed by atoms with Gasteiger partial charge in [0, 0.05) is 18.7 Å². The van der Waals surface area contributed by atoms with Crippen molar-refractivity contribution in [3.05, 3.63) is 35.6 Å². The molecule has 5 nitrogen and oxygen atoms in total. The first kappa shape index (κ1) is 45.1. The van der Waals surface area contributed by atoms with Crippen molar-refractivity contribution in [1.82, 2.24) is 4.90 Å². The van der Waals surface area contributed by atoms with Crippen LogP contribution in [0.1, 0.15) is 206 Å². The Labute approximate surface area is 304 Å². The Morgan fingerprint density at radius 1 is 0.653 bits per heavy atom. The summed E-state index contributed by atoms with van der Waals surface area (Å²) in [5.41, 5.74) is 2.56. The van der Waals surface area contributed by atoms with Crippen molar-refractivity contribution < 1.29 is 14.6 Å². The number of rotatable bonds is 36. The minimum absolute atomic E-state index is 0.0843. The molecule has 0 atom stereocenters. The molecular formula is C44H80N2O3. The number of carbonyl (C=O) groups excluding carboxylic acids is 1. The Morgan fingerprint density at radius 3 is 1.55 bits per heavy atom. The van der Waals surface area contributed by atoms with E-state index in [-0.39, 0.29) is 12.6 Å². The van der Waals surface area contributed by atoms with Gasteiger partial charge in [-0.3, -0.25) is 4.79 Å². The zero-order valence-corrected chi connectivity index (χ0v) is 32.6. The highest BCUT2D eigenvalue weighted by Crippen LogP contribution is 2.28. The fourth-order valence-electron chi connectivity index (χ4n) is 6.92. The van der Waals surface area contributed by atoms with Gasteiger partial charge in [0.25, 0.3) is 0 Å². The van der Waals surface area contributed by atoms with Gasteiger partial charge in [0.1, 0.15) is 6.61 Å². The highest BCUT2D eigenvalue weighted by atomic mass is 16.5. The predicted octanol–water partition coefficient (Wildman–Crippen LogP) is 13.0. The number of hydrogen-bond donors (Lipinski definition) is 2. The molecule has 0 saturated heterocycles. The highest BCUT2D eigenvalue weighted by molar-refractivity contribution is 5.99. The Hall–Kier alpha value is -1.88. The van der Waals surface area contributed by atoms with Crippen LogP contribution in [0.3, 0.4) is 0 Å². The number of nitrogens with zero attached hydrogens (tertiary/aromatic N) is 1. The van der Waals surface area contributed by atoms with Crippen LogP contribution in [0.2, 0.25) is 0 Å². The fourth-order valence-corrected chi connectivity index (χ4v) is 6.92. The summed E-state index contributed by atoms with van der Waals surface area (Å²) in [4.78, 5) is 14.7. The topological polar surface area (TPSA) is 73.6 Å². The number of aliphatic hydroxyl groups is 1. The lowest BCUT2D eigenvalue weighted by Crippen LogP contribution is -2.26. The summed E-state index contributed by atoms with van der Waals surface area (Å²) in [5.74, 6) is -0.0843. The molecule has 0 bridgehead atoms. The molecule has 0 amide bonds. The van der Waals surface area contributed by atoms with E-state index in [0.29, 0.717) is 25.3 Å². The maximum Gasteiger partial charge on any atom is 0.305 e. The van der Waals surface area contributed by atoms with Gasteiger partial charge in [0.2, 0.25) is 0 Å². The van der Waals surface area contributed by atoms with Gasteiger partial charge in [-0.25, -0.2) is 0 Å². The number of aliphatic hydroxyl groups excluding tert-OH is 1. The summed E-state index contributed by atoms with van der Waals surface area (Å²) in [6, 6.07) is 0. The lowest BCUT2D eigenvalue weighted by atomic mass is 10.0. The van der Waals surface area contributed by atoms with Crippen molar-refractivity contribution in [3.63, 3.8) is 0 Å². The summed E-state index contributed by atoms with van der Waals surface area (Å²) in [6.45, 7) is 6.28. The fraction of sp³-hybridized carbons (Fsp3) is 0.818. The summed E-state index contributed by atoms with van der Waals surface area (Å²) < 4.78 is 5.61. The first-order valence-electron chi connectivity index (χ1n) is 21.2. The molecule has 1 aliphatic heterocycles. The molecule has 0 aromatic carbocycles. The Morgan fingerprint density at radius 2 is 1.08 bits per heavy atom.